The van der Waals surface area contributed by atoms with Crippen molar-refractivity contribution in [2.75, 3.05) is 0 Å². The van der Waals surface area contributed by atoms with Crippen LogP contribution >= 0.6 is 0 Å². The summed E-state index contributed by atoms with van der Waals surface area (Å²) in [7, 11) is -13.0. The molecule has 0 unspecified atom stereocenters. The van der Waals surface area contributed by atoms with E-state index in [4.69, 9.17) is 0 Å². The van der Waals surface area contributed by atoms with Gasteiger partial charge in [0.25, 0.3) is 0 Å². The van der Waals surface area contributed by atoms with Crippen LogP contribution in [0, 0.1) is 0 Å². The van der Waals surface area contributed by atoms with Crippen LogP contribution in [0.5, 0.6) is 0 Å². The number of halogens is 42. The molecular weight excluding hydrogens is 1100 g/mol. The molecule has 0 aliphatic carbocycles. The zero-order valence-electron chi connectivity index (χ0n) is 27.1. The Morgan fingerprint density at radius 1 is 0.169 bits per heavy atom. The van der Waals surface area contributed by atoms with Crippen molar-refractivity contribution in [3.05, 3.63) is 0 Å². The molecule has 65 heavy (non-hydrogen) atoms. The SMILES string of the molecule is FC(F)(F)C(F)(F)C(F)(F)O[Si](OC(F)(F)C(F)(F)C(F)(F)F)(OC(F)(F)C(F)(F)C(F)(F)F)C(F)(F)C(F)(F)C(F)(F)C(F)(F)C(F)(F)C(F)(F)C(F)(F)C(F)(F)C(F)(F)C(F)(F)F. The van der Waals surface area contributed by atoms with Gasteiger partial charge in [0.2, 0.25) is 0 Å². The lowest BCUT2D eigenvalue weighted by Gasteiger charge is -2.48. The van der Waals surface area contributed by atoms with E-state index in [2.05, 4.69) is 0 Å². The highest BCUT2D eigenvalue weighted by Gasteiger charge is 3.01. The maximum Gasteiger partial charge on any atom is 0.595 e. The third kappa shape index (κ3) is 8.45. The summed E-state index contributed by atoms with van der Waals surface area (Å²) < 4.78 is 570. The molecule has 0 heterocycles. The summed E-state index contributed by atoms with van der Waals surface area (Å²) in [6, 6.07) is 0. The second kappa shape index (κ2) is 15.3. The molecule has 0 saturated carbocycles. The van der Waals surface area contributed by atoms with Crippen molar-refractivity contribution < 1.29 is 198 Å². The molecule has 0 bridgehead atoms. The summed E-state index contributed by atoms with van der Waals surface area (Å²) in [4.78, 5) is 0. The van der Waals surface area contributed by atoms with E-state index in [9.17, 15) is 176 Å². The number of hydrogen-bond acceptors (Lipinski definition) is 3. The molecule has 3 nitrogen and oxygen atoms in total. The molecule has 0 N–H and O–H groups in total. The standard InChI is InChI=1S/C19F42O3Si/c20-1(21,3(24,25)5(28,29)7(32,33)12(42,43)44)2(22,23)4(26,27)6(30,31)8(34,35)19(60,61)65(62-16(54,55)9(36,37)13(45,46)47,63-17(56,57)10(38,39)14(48,49)50)64-18(58,59)11(40,41)15(51,52)53. The molecule has 0 spiro atoms. The van der Waals surface area contributed by atoms with Crippen molar-refractivity contribution in [1.29, 1.82) is 0 Å². The van der Waals surface area contributed by atoms with Crippen LogP contribution in [0.2, 0.25) is 0 Å². The molecule has 0 aromatic heterocycles. The molecule has 0 aromatic rings. The van der Waals surface area contributed by atoms with Crippen molar-refractivity contribution in [2.24, 2.45) is 0 Å². The average Bonchev–Trinajstić information content (AvgIpc) is 3.00. The van der Waals surface area contributed by atoms with Gasteiger partial charge in [-0.1, -0.05) is 0 Å². The smallest absolute Gasteiger partial charge is 0.304 e. The van der Waals surface area contributed by atoms with E-state index >= 15 is 8.78 Å². The average molecular weight is 1100 g/mol. The molecule has 0 atom stereocenters. The van der Waals surface area contributed by atoms with E-state index in [1.54, 1.807) is 0 Å². The lowest BCUT2D eigenvalue weighted by molar-refractivity contribution is -0.477. The van der Waals surface area contributed by atoms with Gasteiger partial charge in [-0.25, -0.2) is 0 Å². The quantitative estimate of drug-likeness (QED) is 0.101. The molecule has 0 rings (SSSR count). The van der Waals surface area contributed by atoms with Crippen LogP contribution in [-0.2, 0) is 13.3 Å². The molecule has 0 fully saturated rings. The summed E-state index contributed by atoms with van der Waals surface area (Å²) >= 11 is 0. The van der Waals surface area contributed by atoms with Gasteiger partial charge in [-0.2, -0.15) is 184 Å². The largest absolute Gasteiger partial charge is 0.595 e. The van der Waals surface area contributed by atoms with Crippen LogP contribution in [0.3, 0.4) is 0 Å². The fourth-order valence-corrected chi connectivity index (χ4v) is 5.65. The second-order valence-corrected chi connectivity index (χ2v) is 13.6. The number of hydrogen-bond donors (Lipinski definition) is 0. The van der Waals surface area contributed by atoms with E-state index in [-0.39, 0.29) is 0 Å². The summed E-state index contributed by atoms with van der Waals surface area (Å²) in [5.41, 5.74) is -10.9. The Labute approximate surface area is 321 Å². The van der Waals surface area contributed by atoms with E-state index in [1.165, 1.54) is 0 Å². The molecule has 46 heteroatoms. The lowest BCUT2D eigenvalue weighted by Crippen LogP contribution is -2.82. The number of alkyl halides is 42. The predicted octanol–water partition coefficient (Wildman–Crippen LogP) is 13.2. The van der Waals surface area contributed by atoms with Crippen molar-refractivity contribution >= 4 is 8.80 Å². The van der Waals surface area contributed by atoms with Crippen LogP contribution < -0.4 is 0 Å². The van der Waals surface area contributed by atoms with E-state index in [0.717, 1.165) is 0 Å². The summed E-state index contributed by atoms with van der Waals surface area (Å²) in [5, 5.41) is 0. The van der Waals surface area contributed by atoms with Gasteiger partial charge in [-0.15, -0.1) is 0 Å². The first-order chi connectivity index (χ1) is 27.1. The highest BCUT2D eigenvalue weighted by Crippen LogP contribution is 2.68. The summed E-state index contributed by atoms with van der Waals surface area (Å²) in [5.74, 6) is -111. The Bertz CT molecular complexity index is 1590. The van der Waals surface area contributed by atoms with Gasteiger partial charge in [0, 0.05) is 0 Å². The van der Waals surface area contributed by atoms with Crippen molar-refractivity contribution in [2.45, 2.75) is 114 Å². The fraction of sp³-hybridized carbons (Fsp3) is 1.00. The highest BCUT2D eigenvalue weighted by molar-refractivity contribution is 6.64. The van der Waals surface area contributed by atoms with Crippen LogP contribution in [0.1, 0.15) is 0 Å². The number of rotatable bonds is 18. The van der Waals surface area contributed by atoms with E-state index in [1.807, 2.05) is 0 Å². The molecular formula is C19F42O3Si. The van der Waals surface area contributed by atoms with Gasteiger partial charge in [0.1, 0.15) is 0 Å². The normalized spacial score (nSPS) is 17.3. The van der Waals surface area contributed by atoms with Crippen molar-refractivity contribution in [3.8, 4) is 0 Å². The molecule has 392 valence electrons. The minimum Gasteiger partial charge on any atom is -0.304 e. The van der Waals surface area contributed by atoms with Gasteiger partial charge in [0.15, 0.2) is 0 Å². The first kappa shape index (κ1) is 62.2. The van der Waals surface area contributed by atoms with Crippen LogP contribution in [0.15, 0.2) is 0 Å². The Morgan fingerprint density at radius 2 is 0.308 bits per heavy atom. The van der Waals surface area contributed by atoms with Gasteiger partial charge in [0.05, 0.1) is 0 Å². The van der Waals surface area contributed by atoms with Gasteiger partial charge in [-0.3, -0.25) is 0 Å². The van der Waals surface area contributed by atoms with E-state index < -0.39 is 123 Å². The lowest BCUT2D eigenvalue weighted by atomic mass is 9.87. The van der Waals surface area contributed by atoms with Gasteiger partial charge >= 0.3 is 123 Å². The Morgan fingerprint density at radius 3 is 0.462 bits per heavy atom. The molecule has 0 aliphatic heterocycles. The van der Waals surface area contributed by atoms with Crippen LogP contribution in [0.4, 0.5) is 184 Å². The summed E-state index contributed by atoms with van der Waals surface area (Å²) in [6.45, 7) is 0. The molecule has 0 aromatic carbocycles. The Hall–Kier alpha value is -2.84. The van der Waals surface area contributed by atoms with Crippen molar-refractivity contribution in [3.63, 3.8) is 0 Å². The van der Waals surface area contributed by atoms with Crippen LogP contribution in [0.25, 0.3) is 0 Å². The topological polar surface area (TPSA) is 27.7 Å². The third-order valence-electron chi connectivity index (χ3n) is 6.85. The maximum absolute atomic E-state index is 15.2. The van der Waals surface area contributed by atoms with E-state index in [0.29, 0.717) is 13.3 Å². The first-order valence-electron chi connectivity index (χ1n) is 13.2. The monoisotopic (exact) mass is 1100 g/mol. The third-order valence-corrected chi connectivity index (χ3v) is 9.51. The Kier molecular flexibility index (Phi) is 14.7. The molecule has 0 aliphatic rings. The fourth-order valence-electron chi connectivity index (χ4n) is 3.20. The molecule has 0 radical (unpaired) electrons. The predicted molar refractivity (Wildman–Crippen MR) is 107 cm³/mol. The maximum atomic E-state index is 15.2. The van der Waals surface area contributed by atoms with Crippen molar-refractivity contribution in [1.82, 2.24) is 0 Å². The summed E-state index contributed by atoms with van der Waals surface area (Å²) in [6.07, 6.45) is -64.3. The first-order valence-corrected chi connectivity index (χ1v) is 14.9. The van der Waals surface area contributed by atoms with Gasteiger partial charge in [-0.05, 0) is 0 Å². The zero-order chi connectivity index (χ0) is 54.1. The minimum absolute atomic E-state index is 0.661. The molecule has 0 amide bonds. The highest BCUT2D eigenvalue weighted by atomic mass is 28.4. The molecule has 0 saturated heterocycles. The minimum atomic E-state index is -13.0. The zero-order valence-corrected chi connectivity index (χ0v) is 28.1. The van der Waals surface area contributed by atoms with Gasteiger partial charge < -0.3 is 13.3 Å². The second-order valence-electron chi connectivity index (χ2n) is 11.3. The Balaban J connectivity index is 9.31. The van der Waals surface area contributed by atoms with Crippen LogP contribution in [-0.4, -0.2) is 123 Å².